The highest BCUT2D eigenvalue weighted by Crippen LogP contribution is 2.21. The van der Waals surface area contributed by atoms with Gasteiger partial charge in [0.1, 0.15) is 0 Å². The fraction of sp³-hybridized carbons (Fsp3) is 0.200. The molecule has 142 valence electrons. The number of ether oxygens (including phenoxy) is 2. The molecule has 0 fully saturated rings. The van der Waals surface area contributed by atoms with E-state index in [-0.39, 0.29) is 5.75 Å². The molecule has 2 aromatic carbocycles. The number of aryl methyl sites for hydroxylation is 1. The highest BCUT2D eigenvalue weighted by atomic mass is 35.5. The molecule has 0 aliphatic heterocycles. The lowest BCUT2D eigenvalue weighted by molar-refractivity contribution is -0.148. The maximum Gasteiger partial charge on any atom is 0.331 e. The Bertz CT molecular complexity index is 882. The van der Waals surface area contributed by atoms with Gasteiger partial charge in [-0.2, -0.15) is 0 Å². The Kier molecular flexibility index (Phi) is 6.96. The summed E-state index contributed by atoms with van der Waals surface area (Å²) in [6.45, 7) is 3.27. The van der Waals surface area contributed by atoms with E-state index in [9.17, 15) is 14.0 Å². The van der Waals surface area contributed by atoms with E-state index in [0.717, 1.165) is 11.6 Å². The van der Waals surface area contributed by atoms with Crippen molar-refractivity contribution in [3.05, 3.63) is 64.4 Å². The Morgan fingerprint density at radius 1 is 1.22 bits per heavy atom. The summed E-state index contributed by atoms with van der Waals surface area (Å²) in [7, 11) is 1.36. The molecule has 0 unspecified atom stereocenters. The topological polar surface area (TPSA) is 64.6 Å². The third-order valence-electron chi connectivity index (χ3n) is 3.71. The van der Waals surface area contributed by atoms with E-state index in [1.54, 1.807) is 24.3 Å². The third kappa shape index (κ3) is 5.82. The number of rotatable bonds is 6. The minimum absolute atomic E-state index is 0.108. The number of hydrogen-bond donors (Lipinski definition) is 1. The second kappa shape index (κ2) is 9.19. The van der Waals surface area contributed by atoms with Crippen LogP contribution in [0.1, 0.15) is 18.1 Å². The van der Waals surface area contributed by atoms with Gasteiger partial charge in [0.25, 0.3) is 5.91 Å². The lowest BCUT2D eigenvalue weighted by atomic mass is 10.2. The predicted molar refractivity (Wildman–Crippen MR) is 102 cm³/mol. The van der Waals surface area contributed by atoms with Crippen LogP contribution in [-0.2, 0) is 14.3 Å². The predicted octanol–water partition coefficient (Wildman–Crippen LogP) is 4.38. The van der Waals surface area contributed by atoms with Gasteiger partial charge in [0.05, 0.1) is 7.11 Å². The zero-order valence-corrected chi connectivity index (χ0v) is 15.8. The molecular weight excluding hydrogens is 373 g/mol. The summed E-state index contributed by atoms with van der Waals surface area (Å²) in [5.41, 5.74) is 1.82. The van der Waals surface area contributed by atoms with Crippen LogP contribution in [0.25, 0.3) is 6.08 Å². The van der Waals surface area contributed by atoms with E-state index in [0.29, 0.717) is 16.3 Å². The molecule has 2 aromatic rings. The van der Waals surface area contributed by atoms with Gasteiger partial charge >= 0.3 is 5.97 Å². The van der Waals surface area contributed by atoms with Crippen molar-refractivity contribution in [2.45, 2.75) is 20.0 Å². The lowest BCUT2D eigenvalue weighted by Gasteiger charge is -2.14. The van der Waals surface area contributed by atoms with Crippen LogP contribution in [0.15, 0.2) is 42.5 Å². The molecule has 0 bridgehead atoms. The van der Waals surface area contributed by atoms with Gasteiger partial charge in [-0.15, -0.1) is 0 Å². The number of hydrogen-bond acceptors (Lipinski definition) is 4. The van der Waals surface area contributed by atoms with Gasteiger partial charge in [-0.25, -0.2) is 9.18 Å². The summed E-state index contributed by atoms with van der Waals surface area (Å²) in [5, 5.41) is 3.14. The molecule has 0 spiro atoms. The summed E-state index contributed by atoms with van der Waals surface area (Å²) in [6.07, 6.45) is 1.49. The quantitative estimate of drug-likeness (QED) is 0.586. The summed E-state index contributed by atoms with van der Waals surface area (Å²) < 4.78 is 23.5. The van der Waals surface area contributed by atoms with Crippen molar-refractivity contribution in [2.75, 3.05) is 12.4 Å². The zero-order valence-electron chi connectivity index (χ0n) is 15.1. The van der Waals surface area contributed by atoms with Crippen LogP contribution in [0.5, 0.6) is 5.75 Å². The molecule has 2 rings (SSSR count). The van der Waals surface area contributed by atoms with Gasteiger partial charge in [-0.05, 0) is 55.3 Å². The van der Waals surface area contributed by atoms with E-state index in [1.165, 1.54) is 32.2 Å². The Balaban J connectivity index is 1.95. The molecule has 7 heteroatoms. The second-order valence-electron chi connectivity index (χ2n) is 5.75. The van der Waals surface area contributed by atoms with Crippen molar-refractivity contribution in [1.82, 2.24) is 0 Å². The molecule has 0 saturated carbocycles. The van der Waals surface area contributed by atoms with Crippen molar-refractivity contribution in [3.8, 4) is 5.75 Å². The molecular formula is C20H19ClFNO4. The third-order valence-corrected chi connectivity index (χ3v) is 3.94. The first-order valence-corrected chi connectivity index (χ1v) is 8.47. The molecule has 0 aliphatic carbocycles. The number of anilines is 1. The minimum Gasteiger partial charge on any atom is -0.494 e. The fourth-order valence-electron chi connectivity index (χ4n) is 2.18. The Hall–Kier alpha value is -2.86. The van der Waals surface area contributed by atoms with Gasteiger partial charge < -0.3 is 14.8 Å². The van der Waals surface area contributed by atoms with Crippen molar-refractivity contribution in [3.63, 3.8) is 0 Å². The lowest BCUT2D eigenvalue weighted by Crippen LogP contribution is -2.29. The SMILES string of the molecule is COc1ccc(/C=C/C(=O)O[C@@H](C)C(=O)Nc2cc(Cl)ccc2C)cc1F. The van der Waals surface area contributed by atoms with Crippen molar-refractivity contribution in [2.24, 2.45) is 0 Å². The van der Waals surface area contributed by atoms with E-state index in [2.05, 4.69) is 5.32 Å². The molecule has 0 radical (unpaired) electrons. The van der Waals surface area contributed by atoms with Gasteiger partial charge in [-0.3, -0.25) is 4.79 Å². The second-order valence-corrected chi connectivity index (χ2v) is 6.19. The van der Waals surface area contributed by atoms with Crippen LogP contribution in [0.2, 0.25) is 5.02 Å². The highest BCUT2D eigenvalue weighted by Gasteiger charge is 2.17. The number of halogens is 2. The van der Waals surface area contributed by atoms with Crippen LogP contribution in [0.4, 0.5) is 10.1 Å². The summed E-state index contributed by atoms with van der Waals surface area (Å²) >= 11 is 5.91. The number of nitrogens with one attached hydrogen (secondary N) is 1. The first-order valence-electron chi connectivity index (χ1n) is 8.09. The molecule has 5 nitrogen and oxygen atoms in total. The van der Waals surface area contributed by atoms with Crippen LogP contribution < -0.4 is 10.1 Å². The molecule has 0 heterocycles. The summed E-state index contributed by atoms with van der Waals surface area (Å²) in [5.74, 6) is -1.65. The maximum atomic E-state index is 13.6. The van der Waals surface area contributed by atoms with E-state index < -0.39 is 23.8 Å². The molecule has 0 saturated heterocycles. The number of methoxy groups -OCH3 is 1. The minimum atomic E-state index is -1.02. The monoisotopic (exact) mass is 391 g/mol. The van der Waals surface area contributed by atoms with E-state index in [1.807, 2.05) is 6.92 Å². The first kappa shape index (κ1) is 20.5. The van der Waals surface area contributed by atoms with Crippen molar-refractivity contribution < 1.29 is 23.5 Å². The molecule has 1 atom stereocenters. The van der Waals surface area contributed by atoms with Gasteiger partial charge in [0, 0.05) is 16.8 Å². The smallest absolute Gasteiger partial charge is 0.331 e. The van der Waals surface area contributed by atoms with Crippen LogP contribution >= 0.6 is 11.6 Å². The molecule has 0 aromatic heterocycles. The summed E-state index contributed by atoms with van der Waals surface area (Å²) in [4.78, 5) is 24.1. The number of carbonyl (C=O) groups is 2. The highest BCUT2D eigenvalue weighted by molar-refractivity contribution is 6.31. The molecule has 1 N–H and O–H groups in total. The van der Waals surface area contributed by atoms with E-state index in [4.69, 9.17) is 21.1 Å². The number of esters is 1. The average Bonchev–Trinajstić information content (AvgIpc) is 2.63. The number of carbonyl (C=O) groups excluding carboxylic acids is 2. The van der Waals surface area contributed by atoms with Gasteiger partial charge in [0.2, 0.25) is 0 Å². The molecule has 0 aliphatic rings. The zero-order chi connectivity index (χ0) is 20.0. The fourth-order valence-corrected chi connectivity index (χ4v) is 2.35. The van der Waals surface area contributed by atoms with Crippen LogP contribution in [0.3, 0.4) is 0 Å². The van der Waals surface area contributed by atoms with Crippen molar-refractivity contribution in [1.29, 1.82) is 0 Å². The number of benzene rings is 2. The van der Waals surface area contributed by atoms with E-state index >= 15 is 0 Å². The Labute approximate surface area is 161 Å². The van der Waals surface area contributed by atoms with Gasteiger partial charge in [-0.1, -0.05) is 23.7 Å². The molecule has 27 heavy (non-hydrogen) atoms. The molecule has 1 amide bonds. The number of amides is 1. The maximum absolute atomic E-state index is 13.6. The van der Waals surface area contributed by atoms with Crippen molar-refractivity contribution >= 4 is 35.2 Å². The first-order chi connectivity index (χ1) is 12.8. The standard InChI is InChI=1S/C20H19ClFNO4/c1-12-4-7-15(21)11-17(12)23-20(25)13(2)27-19(24)9-6-14-5-8-18(26-3)16(22)10-14/h4-11,13H,1-3H3,(H,23,25)/b9-6+/t13-/m0/s1. The Morgan fingerprint density at radius 2 is 1.96 bits per heavy atom. The van der Waals surface area contributed by atoms with Crippen LogP contribution in [-0.4, -0.2) is 25.1 Å². The van der Waals surface area contributed by atoms with Crippen LogP contribution in [0, 0.1) is 12.7 Å². The normalized spacial score (nSPS) is 11.9. The van der Waals surface area contributed by atoms with Gasteiger partial charge in [0.15, 0.2) is 17.7 Å². The largest absolute Gasteiger partial charge is 0.494 e. The average molecular weight is 392 g/mol. The Morgan fingerprint density at radius 3 is 2.63 bits per heavy atom. The summed E-state index contributed by atoms with van der Waals surface area (Å²) in [6, 6.07) is 9.35.